The standard InChI is InChI=1S/C6H8ClN3O2S/c1-13(11,12)6-9-4(3-8)2-5(7)10-6/h2H,3,8H2,1H3. The summed E-state index contributed by atoms with van der Waals surface area (Å²) >= 11 is 5.56. The molecule has 0 aliphatic carbocycles. The molecule has 1 rings (SSSR count). The average Bonchev–Trinajstić information content (AvgIpc) is 2.01. The minimum Gasteiger partial charge on any atom is -0.325 e. The van der Waals surface area contributed by atoms with E-state index in [-0.39, 0.29) is 16.9 Å². The number of aromatic nitrogens is 2. The number of hydrogen-bond donors (Lipinski definition) is 1. The Morgan fingerprint density at radius 2 is 2.15 bits per heavy atom. The van der Waals surface area contributed by atoms with Crippen molar-refractivity contribution in [3.05, 3.63) is 16.9 Å². The number of nitrogens with two attached hydrogens (primary N) is 1. The molecule has 0 unspecified atom stereocenters. The molecule has 0 saturated heterocycles. The highest BCUT2D eigenvalue weighted by Gasteiger charge is 2.12. The fourth-order valence-electron chi connectivity index (χ4n) is 0.712. The number of rotatable bonds is 2. The van der Waals surface area contributed by atoms with Gasteiger partial charge >= 0.3 is 0 Å². The third-order valence-electron chi connectivity index (χ3n) is 1.27. The van der Waals surface area contributed by atoms with Crippen LogP contribution in [0.15, 0.2) is 11.2 Å². The van der Waals surface area contributed by atoms with Crippen LogP contribution in [0, 0.1) is 0 Å². The second-order valence-corrected chi connectivity index (χ2v) is 4.74. The smallest absolute Gasteiger partial charge is 0.248 e. The summed E-state index contributed by atoms with van der Waals surface area (Å²) in [5.74, 6) is 0. The molecule has 0 atom stereocenters. The molecule has 13 heavy (non-hydrogen) atoms. The minimum absolute atomic E-state index is 0.0795. The molecule has 0 aliphatic heterocycles. The van der Waals surface area contributed by atoms with Gasteiger partial charge in [0.2, 0.25) is 15.0 Å². The molecule has 0 aromatic carbocycles. The Morgan fingerprint density at radius 3 is 2.62 bits per heavy atom. The molecule has 1 heterocycles. The van der Waals surface area contributed by atoms with Crippen LogP contribution in [0.5, 0.6) is 0 Å². The summed E-state index contributed by atoms with van der Waals surface area (Å²) in [5.41, 5.74) is 5.69. The van der Waals surface area contributed by atoms with E-state index in [9.17, 15) is 8.42 Å². The van der Waals surface area contributed by atoms with Crippen molar-refractivity contribution >= 4 is 21.4 Å². The molecule has 0 saturated carbocycles. The normalized spacial score (nSPS) is 11.6. The first-order valence-corrected chi connectivity index (χ1v) is 5.64. The van der Waals surface area contributed by atoms with Gasteiger partial charge in [-0.2, -0.15) is 0 Å². The van der Waals surface area contributed by atoms with Gasteiger partial charge in [-0.05, 0) is 6.07 Å². The molecule has 5 nitrogen and oxygen atoms in total. The zero-order valence-corrected chi connectivity index (χ0v) is 8.43. The van der Waals surface area contributed by atoms with Gasteiger partial charge in [0.05, 0.1) is 5.69 Å². The molecule has 1 aromatic rings. The fourth-order valence-corrected chi connectivity index (χ4v) is 1.52. The Labute approximate surface area is 80.9 Å². The van der Waals surface area contributed by atoms with Crippen LogP contribution in [-0.2, 0) is 16.4 Å². The fraction of sp³-hybridized carbons (Fsp3) is 0.333. The monoisotopic (exact) mass is 221 g/mol. The lowest BCUT2D eigenvalue weighted by Crippen LogP contribution is -2.08. The summed E-state index contributed by atoms with van der Waals surface area (Å²) < 4.78 is 22.1. The molecule has 7 heteroatoms. The van der Waals surface area contributed by atoms with Gasteiger partial charge in [0.15, 0.2) is 0 Å². The van der Waals surface area contributed by atoms with E-state index in [0.717, 1.165) is 6.26 Å². The van der Waals surface area contributed by atoms with Crippen LogP contribution in [0.25, 0.3) is 0 Å². The Balaban J connectivity index is 3.33. The third-order valence-corrected chi connectivity index (χ3v) is 2.31. The lowest BCUT2D eigenvalue weighted by atomic mass is 10.4. The van der Waals surface area contributed by atoms with Crippen molar-refractivity contribution in [1.82, 2.24) is 9.97 Å². The van der Waals surface area contributed by atoms with Gasteiger partial charge in [0, 0.05) is 12.8 Å². The minimum atomic E-state index is -3.42. The predicted octanol–water partition coefficient (Wildman–Crippen LogP) is -0.00780. The van der Waals surface area contributed by atoms with Gasteiger partial charge in [-0.15, -0.1) is 0 Å². The molecule has 0 fully saturated rings. The molecule has 0 bridgehead atoms. The SMILES string of the molecule is CS(=O)(=O)c1nc(Cl)cc(CN)n1. The summed E-state index contributed by atoms with van der Waals surface area (Å²) in [7, 11) is -3.42. The summed E-state index contributed by atoms with van der Waals surface area (Å²) in [4.78, 5) is 7.28. The van der Waals surface area contributed by atoms with Crippen molar-refractivity contribution in [2.45, 2.75) is 11.7 Å². The van der Waals surface area contributed by atoms with Crippen LogP contribution >= 0.6 is 11.6 Å². The summed E-state index contributed by atoms with van der Waals surface area (Å²) in [5, 5.41) is -0.212. The van der Waals surface area contributed by atoms with Gasteiger partial charge < -0.3 is 5.73 Å². The maximum absolute atomic E-state index is 11.0. The van der Waals surface area contributed by atoms with Gasteiger partial charge in [-0.3, -0.25) is 0 Å². The van der Waals surface area contributed by atoms with Crippen LogP contribution in [0.2, 0.25) is 5.15 Å². The van der Waals surface area contributed by atoms with E-state index < -0.39 is 9.84 Å². The van der Waals surface area contributed by atoms with Crippen LogP contribution in [0.3, 0.4) is 0 Å². The number of halogens is 1. The molecular weight excluding hydrogens is 214 g/mol. The van der Waals surface area contributed by atoms with Gasteiger partial charge in [-0.25, -0.2) is 18.4 Å². The third kappa shape index (κ3) is 2.61. The maximum atomic E-state index is 11.0. The molecule has 0 spiro atoms. The molecule has 1 aromatic heterocycles. The number of nitrogens with zero attached hydrogens (tertiary/aromatic N) is 2. The van der Waals surface area contributed by atoms with E-state index in [1.165, 1.54) is 6.07 Å². The maximum Gasteiger partial charge on any atom is 0.248 e. The van der Waals surface area contributed by atoms with Crippen molar-refractivity contribution < 1.29 is 8.42 Å². The zero-order chi connectivity index (χ0) is 10.1. The molecule has 2 N–H and O–H groups in total. The van der Waals surface area contributed by atoms with E-state index in [1.807, 2.05) is 0 Å². The summed E-state index contributed by atoms with van der Waals surface area (Å²) in [6.45, 7) is 0.130. The van der Waals surface area contributed by atoms with Gasteiger partial charge in [0.25, 0.3) is 0 Å². The summed E-state index contributed by atoms with van der Waals surface area (Å²) in [6.07, 6.45) is 1.01. The van der Waals surface area contributed by atoms with Crippen LogP contribution in [0.4, 0.5) is 0 Å². The van der Waals surface area contributed by atoms with E-state index in [1.54, 1.807) is 0 Å². The number of hydrogen-bond acceptors (Lipinski definition) is 5. The van der Waals surface area contributed by atoms with Crippen molar-refractivity contribution in [3.63, 3.8) is 0 Å². The molecule has 0 radical (unpaired) electrons. The molecule has 0 amide bonds. The largest absolute Gasteiger partial charge is 0.325 e. The van der Waals surface area contributed by atoms with E-state index >= 15 is 0 Å². The van der Waals surface area contributed by atoms with Crippen LogP contribution in [-0.4, -0.2) is 24.6 Å². The van der Waals surface area contributed by atoms with Crippen molar-refractivity contribution in [3.8, 4) is 0 Å². The second-order valence-electron chi connectivity index (χ2n) is 2.44. The highest BCUT2D eigenvalue weighted by Crippen LogP contribution is 2.10. The lowest BCUT2D eigenvalue weighted by molar-refractivity contribution is 0.591. The first-order valence-electron chi connectivity index (χ1n) is 3.37. The predicted molar refractivity (Wildman–Crippen MR) is 48.0 cm³/mol. The van der Waals surface area contributed by atoms with Crippen LogP contribution in [0.1, 0.15) is 5.69 Å². The topological polar surface area (TPSA) is 85.9 Å². The molecular formula is C6H8ClN3O2S. The molecule has 72 valence electrons. The van der Waals surface area contributed by atoms with E-state index in [2.05, 4.69) is 9.97 Å². The Kier molecular flexibility index (Phi) is 2.84. The first kappa shape index (κ1) is 10.4. The molecule has 0 aliphatic rings. The number of sulfone groups is 1. The van der Waals surface area contributed by atoms with Crippen LogP contribution < -0.4 is 5.73 Å². The van der Waals surface area contributed by atoms with Crippen molar-refractivity contribution in [2.75, 3.05) is 6.26 Å². The highest BCUT2D eigenvalue weighted by atomic mass is 35.5. The van der Waals surface area contributed by atoms with E-state index in [4.69, 9.17) is 17.3 Å². The Hall–Kier alpha value is -0.720. The summed E-state index contributed by atoms with van der Waals surface area (Å²) in [6, 6.07) is 1.43. The Bertz CT molecular complexity index is 418. The Morgan fingerprint density at radius 1 is 1.54 bits per heavy atom. The van der Waals surface area contributed by atoms with Gasteiger partial charge in [-0.1, -0.05) is 11.6 Å². The lowest BCUT2D eigenvalue weighted by Gasteiger charge is -2.00. The average molecular weight is 222 g/mol. The van der Waals surface area contributed by atoms with E-state index in [0.29, 0.717) is 5.69 Å². The highest BCUT2D eigenvalue weighted by molar-refractivity contribution is 7.90. The van der Waals surface area contributed by atoms with Crippen molar-refractivity contribution in [1.29, 1.82) is 0 Å². The zero-order valence-electron chi connectivity index (χ0n) is 6.86. The second kappa shape index (κ2) is 3.57. The quantitative estimate of drug-likeness (QED) is 0.561. The van der Waals surface area contributed by atoms with Crippen molar-refractivity contribution in [2.24, 2.45) is 5.73 Å². The van der Waals surface area contributed by atoms with Gasteiger partial charge in [0.1, 0.15) is 5.15 Å². The first-order chi connectivity index (χ1) is 5.93.